The predicted octanol–water partition coefficient (Wildman–Crippen LogP) is 4.61. The molecule has 0 atom stereocenters. The van der Waals surface area contributed by atoms with Crippen LogP contribution in [0.4, 0.5) is 5.69 Å². The number of rotatable bonds is 4. The molecule has 1 aliphatic rings. The second kappa shape index (κ2) is 6.96. The average molecular weight is 321 g/mol. The van der Waals surface area contributed by atoms with Gasteiger partial charge in [0.1, 0.15) is 6.07 Å². The van der Waals surface area contributed by atoms with Gasteiger partial charge in [0.25, 0.3) is 0 Å². The van der Waals surface area contributed by atoms with Gasteiger partial charge in [-0.3, -0.25) is 0 Å². The van der Waals surface area contributed by atoms with E-state index in [-0.39, 0.29) is 0 Å². The molecule has 1 aliphatic carbocycles. The lowest BCUT2D eigenvalue weighted by Crippen LogP contribution is -2.37. The van der Waals surface area contributed by atoms with E-state index in [4.69, 9.17) is 0 Å². The van der Waals surface area contributed by atoms with E-state index in [2.05, 4.69) is 46.0 Å². The lowest BCUT2D eigenvalue weighted by atomic mass is 9.93. The molecule has 0 heterocycles. The van der Waals surface area contributed by atoms with Crippen LogP contribution in [0.5, 0.6) is 0 Å². The Bertz CT molecular complexity index is 458. The van der Waals surface area contributed by atoms with E-state index >= 15 is 0 Å². The minimum absolute atomic E-state index is 0.612. The average Bonchev–Trinajstić information content (AvgIpc) is 2.49. The molecule has 19 heavy (non-hydrogen) atoms. The number of hydrogen-bond acceptors (Lipinski definition) is 2. The first-order valence-corrected chi connectivity index (χ1v) is 8.28. The minimum Gasteiger partial charge on any atom is -0.368 e. The van der Waals surface area contributed by atoms with Crippen molar-refractivity contribution < 1.29 is 0 Å². The molecule has 1 aromatic rings. The van der Waals surface area contributed by atoms with Crippen LogP contribution < -0.4 is 4.90 Å². The second-order valence-electron chi connectivity index (χ2n) is 5.17. The molecule has 0 spiro atoms. The third-order valence-electron chi connectivity index (χ3n) is 4.00. The second-order valence-corrected chi connectivity index (χ2v) is 5.74. The third-order valence-corrected chi connectivity index (χ3v) is 4.65. The van der Waals surface area contributed by atoms with Crippen LogP contribution in [0.1, 0.15) is 50.2 Å². The molecule has 1 saturated carbocycles. The highest BCUT2D eigenvalue weighted by Gasteiger charge is 2.22. The molecule has 0 bridgehead atoms. The Hall–Kier alpha value is -1.01. The molecule has 0 saturated heterocycles. The number of halogens is 1. The van der Waals surface area contributed by atoms with Crippen LogP contribution in [-0.2, 0) is 5.33 Å². The summed E-state index contributed by atoms with van der Waals surface area (Å²) in [5.41, 5.74) is 3.09. The van der Waals surface area contributed by atoms with Crippen molar-refractivity contribution in [1.82, 2.24) is 0 Å². The van der Waals surface area contributed by atoms with E-state index in [0.29, 0.717) is 6.04 Å². The summed E-state index contributed by atoms with van der Waals surface area (Å²) in [5.74, 6) is 0. The standard InChI is InChI=1S/C16H21BrN2/c1-2-19(15-6-4-3-5-7-15)16-9-8-13(11-17)10-14(16)12-18/h8-10,15H,2-7,11H2,1H3. The summed E-state index contributed by atoms with van der Waals surface area (Å²) >= 11 is 3.45. The predicted molar refractivity (Wildman–Crippen MR) is 83.7 cm³/mol. The van der Waals surface area contributed by atoms with Crippen LogP contribution in [0, 0.1) is 11.3 Å². The van der Waals surface area contributed by atoms with Crippen LogP contribution in [0.15, 0.2) is 18.2 Å². The summed E-state index contributed by atoms with van der Waals surface area (Å²) in [6.07, 6.45) is 6.53. The number of benzene rings is 1. The molecule has 0 unspecified atom stereocenters. The van der Waals surface area contributed by atoms with Gasteiger partial charge in [-0.1, -0.05) is 41.3 Å². The van der Waals surface area contributed by atoms with E-state index < -0.39 is 0 Å². The molecule has 2 nitrogen and oxygen atoms in total. The fraction of sp³-hybridized carbons (Fsp3) is 0.562. The van der Waals surface area contributed by atoms with Crippen molar-refractivity contribution in [1.29, 1.82) is 5.26 Å². The largest absolute Gasteiger partial charge is 0.368 e. The first-order chi connectivity index (χ1) is 9.30. The van der Waals surface area contributed by atoms with Crippen molar-refractivity contribution in [3.8, 4) is 6.07 Å². The van der Waals surface area contributed by atoms with E-state index in [1.54, 1.807) is 0 Å². The van der Waals surface area contributed by atoms with Crippen molar-refractivity contribution in [2.45, 2.75) is 50.4 Å². The molecule has 1 fully saturated rings. The zero-order chi connectivity index (χ0) is 13.7. The molecule has 3 heteroatoms. The van der Waals surface area contributed by atoms with Crippen molar-refractivity contribution in [2.24, 2.45) is 0 Å². The SMILES string of the molecule is CCN(c1ccc(CBr)cc1C#N)C1CCCCC1. The van der Waals surface area contributed by atoms with E-state index in [1.807, 2.05) is 6.07 Å². The number of nitrogens with zero attached hydrogens (tertiary/aromatic N) is 2. The van der Waals surface area contributed by atoms with Gasteiger partial charge in [0.2, 0.25) is 0 Å². The maximum absolute atomic E-state index is 9.39. The number of hydrogen-bond donors (Lipinski definition) is 0. The van der Waals surface area contributed by atoms with Crippen LogP contribution in [0.2, 0.25) is 0 Å². The molecule has 1 aromatic carbocycles. The monoisotopic (exact) mass is 320 g/mol. The van der Waals surface area contributed by atoms with E-state index in [1.165, 1.54) is 37.7 Å². The number of nitriles is 1. The normalized spacial score (nSPS) is 16.1. The Morgan fingerprint density at radius 2 is 2.05 bits per heavy atom. The summed E-state index contributed by atoms with van der Waals surface area (Å²) < 4.78 is 0. The Morgan fingerprint density at radius 3 is 2.63 bits per heavy atom. The maximum atomic E-state index is 9.39. The van der Waals surface area contributed by atoms with Crippen LogP contribution in [0.25, 0.3) is 0 Å². The summed E-state index contributed by atoms with van der Waals surface area (Å²) in [6.45, 7) is 3.17. The van der Waals surface area contributed by atoms with Crippen molar-refractivity contribution in [3.05, 3.63) is 29.3 Å². The van der Waals surface area contributed by atoms with E-state index in [9.17, 15) is 5.26 Å². The van der Waals surface area contributed by atoms with Crippen molar-refractivity contribution in [2.75, 3.05) is 11.4 Å². The molecular formula is C16H21BrN2. The molecule has 2 rings (SSSR count). The fourth-order valence-corrected chi connectivity index (χ4v) is 3.37. The molecule has 0 amide bonds. The summed E-state index contributed by atoms with van der Waals surface area (Å²) in [4.78, 5) is 2.43. The van der Waals surface area contributed by atoms with Crippen LogP contribution in [-0.4, -0.2) is 12.6 Å². The van der Waals surface area contributed by atoms with Gasteiger partial charge in [0.15, 0.2) is 0 Å². The maximum Gasteiger partial charge on any atom is 0.101 e. The number of alkyl halides is 1. The lowest BCUT2D eigenvalue weighted by Gasteiger charge is -2.36. The lowest BCUT2D eigenvalue weighted by molar-refractivity contribution is 0.418. The summed E-state index contributed by atoms with van der Waals surface area (Å²) in [7, 11) is 0. The third kappa shape index (κ3) is 3.30. The van der Waals surface area contributed by atoms with Crippen LogP contribution >= 0.6 is 15.9 Å². The zero-order valence-corrected chi connectivity index (χ0v) is 13.1. The van der Waals surface area contributed by atoms with Gasteiger partial charge < -0.3 is 4.90 Å². The Balaban J connectivity index is 2.29. The van der Waals surface area contributed by atoms with Gasteiger partial charge in [-0.05, 0) is 37.5 Å². The summed E-state index contributed by atoms with van der Waals surface area (Å²) in [5, 5.41) is 10.2. The van der Waals surface area contributed by atoms with Gasteiger partial charge in [-0.2, -0.15) is 5.26 Å². The van der Waals surface area contributed by atoms with Gasteiger partial charge in [-0.15, -0.1) is 0 Å². The molecular weight excluding hydrogens is 300 g/mol. The first kappa shape index (κ1) is 14.4. The Labute approximate surface area is 124 Å². The van der Waals surface area contributed by atoms with Gasteiger partial charge in [0.05, 0.1) is 11.3 Å². The van der Waals surface area contributed by atoms with Gasteiger partial charge in [0, 0.05) is 17.9 Å². The smallest absolute Gasteiger partial charge is 0.101 e. The highest BCUT2D eigenvalue weighted by molar-refractivity contribution is 9.08. The van der Waals surface area contributed by atoms with Gasteiger partial charge in [-0.25, -0.2) is 0 Å². The number of anilines is 1. The molecule has 0 radical (unpaired) electrons. The highest BCUT2D eigenvalue weighted by atomic mass is 79.9. The fourth-order valence-electron chi connectivity index (χ4n) is 3.02. The van der Waals surface area contributed by atoms with E-state index in [0.717, 1.165) is 23.1 Å². The Kier molecular flexibility index (Phi) is 5.27. The quantitative estimate of drug-likeness (QED) is 0.757. The van der Waals surface area contributed by atoms with Crippen molar-refractivity contribution >= 4 is 21.6 Å². The topological polar surface area (TPSA) is 27.0 Å². The first-order valence-electron chi connectivity index (χ1n) is 7.15. The Morgan fingerprint density at radius 1 is 1.32 bits per heavy atom. The molecule has 0 aliphatic heterocycles. The molecule has 102 valence electrons. The van der Waals surface area contributed by atoms with Crippen molar-refractivity contribution in [3.63, 3.8) is 0 Å². The summed E-state index contributed by atoms with van der Waals surface area (Å²) in [6, 6.07) is 9.22. The zero-order valence-electron chi connectivity index (χ0n) is 11.5. The molecule has 0 N–H and O–H groups in total. The highest BCUT2D eigenvalue weighted by Crippen LogP contribution is 2.30. The minimum atomic E-state index is 0.612. The van der Waals surface area contributed by atoms with Gasteiger partial charge >= 0.3 is 0 Å². The molecule has 0 aromatic heterocycles. The van der Waals surface area contributed by atoms with Crippen LogP contribution in [0.3, 0.4) is 0 Å².